The van der Waals surface area contributed by atoms with Crippen molar-refractivity contribution in [1.29, 1.82) is 0 Å². The van der Waals surface area contributed by atoms with Gasteiger partial charge in [0.2, 0.25) is 5.91 Å². The van der Waals surface area contributed by atoms with E-state index in [0.717, 1.165) is 37.8 Å². The minimum absolute atomic E-state index is 0.0646. The molecule has 1 amide bonds. The zero-order valence-electron chi connectivity index (χ0n) is 13.0. The van der Waals surface area contributed by atoms with Crippen LogP contribution in [0.25, 0.3) is 0 Å². The first-order chi connectivity index (χ1) is 11.0. The Morgan fingerprint density at radius 2 is 1.87 bits per heavy atom. The molecule has 0 aromatic heterocycles. The third kappa shape index (κ3) is 7.75. The van der Waals surface area contributed by atoms with Gasteiger partial charge in [0, 0.05) is 30.0 Å². The maximum absolute atomic E-state index is 11.6. The van der Waals surface area contributed by atoms with Crippen molar-refractivity contribution in [3.05, 3.63) is 46.5 Å². The molecule has 0 radical (unpaired) electrons. The number of rotatable bonds is 9. The number of esters is 1. The first kappa shape index (κ1) is 18.3. The molecule has 0 aliphatic heterocycles. The molecule has 23 heavy (non-hydrogen) atoms. The van der Waals surface area contributed by atoms with E-state index in [9.17, 15) is 19.7 Å². The average Bonchev–Trinajstić information content (AvgIpc) is 2.53. The van der Waals surface area contributed by atoms with Crippen LogP contribution in [0, 0.1) is 10.1 Å². The number of hydrogen-bond acceptors (Lipinski definition) is 5. The molecule has 0 atom stereocenters. The van der Waals surface area contributed by atoms with Crippen molar-refractivity contribution in [3.8, 4) is 0 Å². The van der Waals surface area contributed by atoms with Crippen molar-refractivity contribution in [2.75, 3.05) is 11.9 Å². The Hall–Kier alpha value is -2.70. The maximum atomic E-state index is 11.6. The van der Waals surface area contributed by atoms with Crippen molar-refractivity contribution >= 4 is 23.3 Å². The van der Waals surface area contributed by atoms with Gasteiger partial charge in [-0.1, -0.05) is 26.2 Å². The molecular formula is C16H20N2O5. The van der Waals surface area contributed by atoms with Crippen LogP contribution in [0.1, 0.15) is 32.6 Å². The predicted molar refractivity (Wildman–Crippen MR) is 86.0 cm³/mol. The summed E-state index contributed by atoms with van der Waals surface area (Å²) in [7, 11) is 0. The highest BCUT2D eigenvalue weighted by atomic mass is 16.6. The van der Waals surface area contributed by atoms with E-state index in [1.165, 1.54) is 24.3 Å². The molecule has 7 nitrogen and oxygen atoms in total. The van der Waals surface area contributed by atoms with Gasteiger partial charge in [0.15, 0.2) is 0 Å². The number of carbonyl (C=O) groups excluding carboxylic acids is 2. The molecule has 1 rings (SSSR count). The van der Waals surface area contributed by atoms with Crippen LogP contribution in [0.2, 0.25) is 0 Å². The van der Waals surface area contributed by atoms with Crippen LogP contribution in [0.4, 0.5) is 11.4 Å². The van der Waals surface area contributed by atoms with Gasteiger partial charge in [-0.15, -0.1) is 0 Å². The highest BCUT2D eigenvalue weighted by Crippen LogP contribution is 2.15. The van der Waals surface area contributed by atoms with Gasteiger partial charge in [0.05, 0.1) is 11.5 Å². The number of benzene rings is 1. The third-order valence-corrected chi connectivity index (χ3v) is 2.96. The van der Waals surface area contributed by atoms with Crippen LogP contribution in [-0.2, 0) is 14.3 Å². The minimum atomic E-state index is -0.569. The second kappa shape index (κ2) is 10.1. The Kier molecular flexibility index (Phi) is 8.06. The molecule has 1 N–H and O–H groups in total. The minimum Gasteiger partial charge on any atom is -0.463 e. The lowest BCUT2D eigenvalue weighted by molar-refractivity contribution is -0.384. The number of non-ortho nitro benzene ring substituents is 1. The molecule has 0 bridgehead atoms. The highest BCUT2D eigenvalue weighted by molar-refractivity contribution is 6.02. The van der Waals surface area contributed by atoms with E-state index in [0.29, 0.717) is 12.3 Å². The van der Waals surface area contributed by atoms with Crippen molar-refractivity contribution in [1.82, 2.24) is 0 Å². The van der Waals surface area contributed by atoms with Crippen molar-refractivity contribution in [2.45, 2.75) is 32.6 Å². The lowest BCUT2D eigenvalue weighted by Gasteiger charge is -2.02. The summed E-state index contributed by atoms with van der Waals surface area (Å²) in [6.45, 7) is 2.44. The molecule has 7 heteroatoms. The second-order valence-electron chi connectivity index (χ2n) is 4.85. The normalized spacial score (nSPS) is 10.5. The standard InChI is InChI=1S/C16H20N2O5/c1-2-3-4-5-12-23-16(20)11-10-15(19)17-13-6-8-14(9-7-13)18(21)22/h6-11H,2-5,12H2,1H3,(H,17,19)/b11-10-. The number of nitro benzene ring substituents is 1. The molecule has 0 heterocycles. The first-order valence-corrected chi connectivity index (χ1v) is 7.43. The molecule has 124 valence electrons. The van der Waals surface area contributed by atoms with Gasteiger partial charge in [-0.3, -0.25) is 14.9 Å². The summed E-state index contributed by atoms with van der Waals surface area (Å²) in [6.07, 6.45) is 6.15. The fourth-order valence-corrected chi connectivity index (χ4v) is 1.74. The van der Waals surface area contributed by atoms with E-state index in [2.05, 4.69) is 12.2 Å². The number of nitrogens with zero attached hydrogens (tertiary/aromatic N) is 1. The van der Waals surface area contributed by atoms with E-state index in [1.54, 1.807) is 0 Å². The Bertz CT molecular complexity index is 566. The number of anilines is 1. The van der Waals surface area contributed by atoms with Gasteiger partial charge in [0.25, 0.3) is 5.69 Å². The highest BCUT2D eigenvalue weighted by Gasteiger charge is 2.05. The Balaban J connectivity index is 2.34. The average molecular weight is 320 g/mol. The lowest BCUT2D eigenvalue weighted by atomic mass is 10.2. The van der Waals surface area contributed by atoms with Crippen LogP contribution < -0.4 is 5.32 Å². The Morgan fingerprint density at radius 1 is 1.17 bits per heavy atom. The number of unbranched alkanes of at least 4 members (excludes halogenated alkanes) is 3. The van der Waals surface area contributed by atoms with Crippen molar-refractivity contribution in [2.24, 2.45) is 0 Å². The van der Waals surface area contributed by atoms with Gasteiger partial charge in [-0.2, -0.15) is 0 Å². The number of carbonyl (C=O) groups is 2. The topological polar surface area (TPSA) is 98.5 Å². The number of amides is 1. The van der Waals surface area contributed by atoms with Gasteiger partial charge in [-0.05, 0) is 18.6 Å². The molecule has 1 aromatic carbocycles. The largest absolute Gasteiger partial charge is 0.463 e. The molecule has 0 aliphatic rings. The molecule has 0 saturated heterocycles. The summed E-state index contributed by atoms with van der Waals surface area (Å²) in [5, 5.41) is 13.0. The summed E-state index contributed by atoms with van der Waals surface area (Å²) in [5.74, 6) is -1.08. The summed E-state index contributed by atoms with van der Waals surface area (Å²) in [6, 6.07) is 5.39. The summed E-state index contributed by atoms with van der Waals surface area (Å²) in [4.78, 5) is 33.0. The van der Waals surface area contributed by atoms with Crippen molar-refractivity contribution in [3.63, 3.8) is 0 Å². The van der Waals surface area contributed by atoms with Gasteiger partial charge < -0.3 is 10.1 Å². The molecule has 1 aromatic rings. The monoisotopic (exact) mass is 320 g/mol. The van der Waals surface area contributed by atoms with E-state index in [1.807, 2.05) is 0 Å². The molecule has 0 fully saturated rings. The predicted octanol–water partition coefficient (Wildman–Crippen LogP) is 3.21. The Labute approximate surface area is 134 Å². The number of nitrogens with one attached hydrogen (secondary N) is 1. The van der Waals surface area contributed by atoms with Gasteiger partial charge in [0.1, 0.15) is 0 Å². The van der Waals surface area contributed by atoms with Crippen LogP contribution in [-0.4, -0.2) is 23.4 Å². The fraction of sp³-hybridized carbons (Fsp3) is 0.375. The second-order valence-corrected chi connectivity index (χ2v) is 4.85. The number of ether oxygens (including phenoxy) is 1. The van der Waals surface area contributed by atoms with Crippen LogP contribution in [0.5, 0.6) is 0 Å². The van der Waals surface area contributed by atoms with Gasteiger partial charge >= 0.3 is 5.97 Å². The smallest absolute Gasteiger partial charge is 0.330 e. The first-order valence-electron chi connectivity index (χ1n) is 7.43. The molecule has 0 saturated carbocycles. The summed E-state index contributed by atoms with van der Waals surface area (Å²) in [5.41, 5.74) is 0.336. The number of hydrogen-bond donors (Lipinski definition) is 1. The van der Waals surface area contributed by atoms with E-state index >= 15 is 0 Å². The zero-order chi connectivity index (χ0) is 17.1. The maximum Gasteiger partial charge on any atom is 0.330 e. The van der Waals surface area contributed by atoms with Crippen LogP contribution in [0.3, 0.4) is 0 Å². The third-order valence-electron chi connectivity index (χ3n) is 2.96. The van der Waals surface area contributed by atoms with E-state index in [-0.39, 0.29) is 5.69 Å². The molecular weight excluding hydrogens is 300 g/mol. The van der Waals surface area contributed by atoms with Crippen molar-refractivity contribution < 1.29 is 19.2 Å². The van der Waals surface area contributed by atoms with E-state index < -0.39 is 16.8 Å². The molecule has 0 aliphatic carbocycles. The van der Waals surface area contributed by atoms with Gasteiger partial charge in [-0.25, -0.2) is 4.79 Å². The quantitative estimate of drug-likeness (QED) is 0.248. The number of nitro groups is 1. The Morgan fingerprint density at radius 3 is 2.48 bits per heavy atom. The van der Waals surface area contributed by atoms with Crippen LogP contribution in [0.15, 0.2) is 36.4 Å². The lowest BCUT2D eigenvalue weighted by Crippen LogP contribution is -2.09. The van der Waals surface area contributed by atoms with E-state index in [4.69, 9.17) is 4.74 Å². The summed E-state index contributed by atoms with van der Waals surface area (Å²) >= 11 is 0. The van der Waals surface area contributed by atoms with Crippen LogP contribution >= 0.6 is 0 Å². The fourth-order valence-electron chi connectivity index (χ4n) is 1.74. The molecule has 0 unspecified atom stereocenters. The zero-order valence-corrected chi connectivity index (χ0v) is 13.0. The SMILES string of the molecule is CCCCCCOC(=O)/C=C\C(=O)Nc1ccc([N+](=O)[O-])cc1. The summed E-state index contributed by atoms with van der Waals surface area (Å²) < 4.78 is 4.95. The molecule has 0 spiro atoms.